The molecule has 0 aliphatic heterocycles. The Balaban J connectivity index is 2.66. The van der Waals surface area contributed by atoms with Gasteiger partial charge >= 0.3 is 5.97 Å². The third-order valence-electron chi connectivity index (χ3n) is 2.04. The zero-order chi connectivity index (χ0) is 10.4. The summed E-state index contributed by atoms with van der Waals surface area (Å²) in [6, 6.07) is 9.51. The molecule has 0 saturated carbocycles. The molecule has 0 saturated heterocycles. The van der Waals surface area contributed by atoms with Crippen molar-refractivity contribution in [1.82, 2.24) is 0 Å². The standard InChI is InChI=1S/C12H12O2/c1-2-6-11(12(13)14)9-10-7-4-3-5-8-10/h1,3-5,7-8,11H,6,9H2,(H,13,14)/t11-/m0/s1. The van der Waals surface area contributed by atoms with E-state index in [9.17, 15) is 4.79 Å². The summed E-state index contributed by atoms with van der Waals surface area (Å²) in [5, 5.41) is 8.87. The van der Waals surface area contributed by atoms with E-state index in [2.05, 4.69) is 5.92 Å². The molecule has 1 N–H and O–H groups in total. The van der Waals surface area contributed by atoms with Gasteiger partial charge < -0.3 is 5.11 Å². The molecule has 0 fully saturated rings. The number of terminal acetylenes is 1. The summed E-state index contributed by atoms with van der Waals surface area (Å²) in [4.78, 5) is 10.8. The molecule has 1 aromatic rings. The molecule has 0 heterocycles. The molecule has 0 radical (unpaired) electrons. The summed E-state index contributed by atoms with van der Waals surface area (Å²) in [6.45, 7) is 0. The van der Waals surface area contributed by atoms with Crippen LogP contribution in [0.3, 0.4) is 0 Å². The second kappa shape index (κ2) is 5.08. The van der Waals surface area contributed by atoms with Crippen molar-refractivity contribution in [3.8, 4) is 12.3 Å². The maximum Gasteiger partial charge on any atom is 0.307 e. The van der Waals surface area contributed by atoms with E-state index in [-0.39, 0.29) is 6.42 Å². The van der Waals surface area contributed by atoms with Crippen molar-refractivity contribution in [1.29, 1.82) is 0 Å². The SMILES string of the molecule is C#CC[C@@H](Cc1ccccc1)C(=O)O. The average Bonchev–Trinajstić information content (AvgIpc) is 2.18. The first-order valence-corrected chi connectivity index (χ1v) is 4.44. The third-order valence-corrected chi connectivity index (χ3v) is 2.04. The van der Waals surface area contributed by atoms with Gasteiger partial charge in [-0.05, 0) is 12.0 Å². The Kier molecular flexibility index (Phi) is 3.75. The normalized spacial score (nSPS) is 11.6. The van der Waals surface area contributed by atoms with Gasteiger partial charge in [-0.25, -0.2) is 0 Å². The number of hydrogen-bond donors (Lipinski definition) is 1. The van der Waals surface area contributed by atoms with Crippen LogP contribution in [0.1, 0.15) is 12.0 Å². The molecular weight excluding hydrogens is 176 g/mol. The highest BCUT2D eigenvalue weighted by Gasteiger charge is 2.16. The van der Waals surface area contributed by atoms with Gasteiger partial charge in [-0.15, -0.1) is 12.3 Å². The second-order valence-electron chi connectivity index (χ2n) is 3.13. The zero-order valence-electron chi connectivity index (χ0n) is 7.81. The van der Waals surface area contributed by atoms with Crippen LogP contribution in [0.5, 0.6) is 0 Å². The first-order chi connectivity index (χ1) is 6.74. The fraction of sp³-hybridized carbons (Fsp3) is 0.250. The molecule has 72 valence electrons. The fourth-order valence-corrected chi connectivity index (χ4v) is 1.29. The lowest BCUT2D eigenvalue weighted by Crippen LogP contribution is -2.15. The summed E-state index contributed by atoms with van der Waals surface area (Å²) in [7, 11) is 0. The number of benzene rings is 1. The molecule has 1 atom stereocenters. The lowest BCUT2D eigenvalue weighted by atomic mass is 9.97. The van der Waals surface area contributed by atoms with E-state index in [1.807, 2.05) is 30.3 Å². The molecule has 0 bridgehead atoms. The maximum atomic E-state index is 10.8. The van der Waals surface area contributed by atoms with Crippen molar-refractivity contribution in [2.45, 2.75) is 12.8 Å². The van der Waals surface area contributed by atoms with Crippen LogP contribution < -0.4 is 0 Å². The minimum atomic E-state index is -0.827. The van der Waals surface area contributed by atoms with Crippen molar-refractivity contribution in [3.63, 3.8) is 0 Å². The minimum Gasteiger partial charge on any atom is -0.481 e. The van der Waals surface area contributed by atoms with Crippen LogP contribution in [0.2, 0.25) is 0 Å². The van der Waals surface area contributed by atoms with Gasteiger partial charge in [-0.2, -0.15) is 0 Å². The molecule has 0 amide bonds. The molecule has 1 aromatic carbocycles. The van der Waals surface area contributed by atoms with Crippen molar-refractivity contribution < 1.29 is 9.90 Å². The van der Waals surface area contributed by atoms with Crippen LogP contribution in [0, 0.1) is 18.3 Å². The predicted molar refractivity (Wildman–Crippen MR) is 54.7 cm³/mol. The van der Waals surface area contributed by atoms with Gasteiger partial charge in [0.1, 0.15) is 0 Å². The first-order valence-electron chi connectivity index (χ1n) is 4.44. The topological polar surface area (TPSA) is 37.3 Å². The lowest BCUT2D eigenvalue weighted by molar-refractivity contribution is -0.141. The van der Waals surface area contributed by atoms with Crippen LogP contribution in [0.15, 0.2) is 30.3 Å². The highest BCUT2D eigenvalue weighted by Crippen LogP contribution is 2.11. The Bertz CT molecular complexity index is 335. The Morgan fingerprint density at radius 3 is 2.57 bits per heavy atom. The molecule has 2 heteroatoms. The second-order valence-corrected chi connectivity index (χ2v) is 3.13. The predicted octanol–water partition coefficient (Wildman–Crippen LogP) is 1.95. The number of aliphatic carboxylic acids is 1. The van der Waals surface area contributed by atoms with E-state index in [4.69, 9.17) is 11.5 Å². The summed E-state index contributed by atoms with van der Waals surface area (Å²) < 4.78 is 0. The van der Waals surface area contributed by atoms with Crippen LogP contribution >= 0.6 is 0 Å². The largest absolute Gasteiger partial charge is 0.481 e. The highest BCUT2D eigenvalue weighted by atomic mass is 16.4. The molecule has 0 aromatic heterocycles. The number of carboxylic acids is 1. The quantitative estimate of drug-likeness (QED) is 0.733. The zero-order valence-corrected chi connectivity index (χ0v) is 7.81. The van der Waals surface area contributed by atoms with Gasteiger partial charge in [0.15, 0.2) is 0 Å². The molecular formula is C12H12O2. The first kappa shape index (κ1) is 10.3. The van der Waals surface area contributed by atoms with E-state index in [1.165, 1.54) is 0 Å². The Hall–Kier alpha value is -1.75. The number of carboxylic acid groups (broad SMARTS) is 1. The monoisotopic (exact) mass is 188 g/mol. The van der Waals surface area contributed by atoms with Gasteiger partial charge in [0.2, 0.25) is 0 Å². The third kappa shape index (κ3) is 2.95. The number of carbonyl (C=O) groups is 1. The van der Waals surface area contributed by atoms with Crippen molar-refractivity contribution in [3.05, 3.63) is 35.9 Å². The average molecular weight is 188 g/mol. The van der Waals surface area contributed by atoms with E-state index < -0.39 is 11.9 Å². The van der Waals surface area contributed by atoms with Crippen LogP contribution in [0.4, 0.5) is 0 Å². The van der Waals surface area contributed by atoms with E-state index in [0.29, 0.717) is 6.42 Å². The summed E-state index contributed by atoms with van der Waals surface area (Å²) in [5.41, 5.74) is 1.01. The summed E-state index contributed by atoms with van der Waals surface area (Å²) in [6.07, 6.45) is 5.89. The fourth-order valence-electron chi connectivity index (χ4n) is 1.29. The smallest absolute Gasteiger partial charge is 0.307 e. The van der Waals surface area contributed by atoms with Gasteiger partial charge in [0.05, 0.1) is 5.92 Å². The van der Waals surface area contributed by atoms with Crippen LogP contribution in [0.25, 0.3) is 0 Å². The van der Waals surface area contributed by atoms with Gasteiger partial charge in [0, 0.05) is 6.42 Å². The van der Waals surface area contributed by atoms with Gasteiger partial charge in [0.25, 0.3) is 0 Å². The molecule has 2 nitrogen and oxygen atoms in total. The van der Waals surface area contributed by atoms with Crippen molar-refractivity contribution >= 4 is 5.97 Å². The van der Waals surface area contributed by atoms with Crippen molar-refractivity contribution in [2.24, 2.45) is 5.92 Å². The maximum absolute atomic E-state index is 10.8. The minimum absolute atomic E-state index is 0.282. The summed E-state index contributed by atoms with van der Waals surface area (Å²) >= 11 is 0. The summed E-state index contributed by atoms with van der Waals surface area (Å²) in [5.74, 6) is 1.09. The lowest BCUT2D eigenvalue weighted by Gasteiger charge is -2.08. The molecule has 0 aliphatic carbocycles. The molecule has 0 unspecified atom stereocenters. The molecule has 0 aliphatic rings. The van der Waals surface area contributed by atoms with Crippen molar-refractivity contribution in [2.75, 3.05) is 0 Å². The van der Waals surface area contributed by atoms with Gasteiger partial charge in [-0.3, -0.25) is 4.79 Å². The Labute approximate surface area is 83.6 Å². The molecule has 14 heavy (non-hydrogen) atoms. The van der Waals surface area contributed by atoms with E-state index in [1.54, 1.807) is 0 Å². The van der Waals surface area contributed by atoms with E-state index in [0.717, 1.165) is 5.56 Å². The highest BCUT2D eigenvalue weighted by molar-refractivity contribution is 5.70. The Morgan fingerprint density at radius 2 is 2.07 bits per heavy atom. The molecule has 1 rings (SSSR count). The van der Waals surface area contributed by atoms with Crippen LogP contribution in [-0.2, 0) is 11.2 Å². The van der Waals surface area contributed by atoms with E-state index >= 15 is 0 Å². The Morgan fingerprint density at radius 1 is 1.43 bits per heavy atom. The molecule has 0 spiro atoms. The number of hydrogen-bond acceptors (Lipinski definition) is 1. The van der Waals surface area contributed by atoms with Gasteiger partial charge in [-0.1, -0.05) is 30.3 Å². The number of rotatable bonds is 4. The van der Waals surface area contributed by atoms with Crippen LogP contribution in [-0.4, -0.2) is 11.1 Å².